The van der Waals surface area contributed by atoms with Gasteiger partial charge in [0, 0.05) is 27.9 Å². The lowest BCUT2D eigenvalue weighted by Crippen LogP contribution is -2.13. The van der Waals surface area contributed by atoms with E-state index < -0.39 is 0 Å². The Bertz CT molecular complexity index is 1250. The van der Waals surface area contributed by atoms with Gasteiger partial charge in [0.2, 0.25) is 0 Å². The van der Waals surface area contributed by atoms with Crippen molar-refractivity contribution >= 4 is 34.9 Å². The van der Waals surface area contributed by atoms with Gasteiger partial charge in [-0.15, -0.1) is 0 Å². The highest BCUT2D eigenvalue weighted by Crippen LogP contribution is 2.23. The van der Waals surface area contributed by atoms with Crippen LogP contribution < -0.4 is 10.1 Å². The maximum absolute atomic E-state index is 12.7. The quantitative estimate of drug-likeness (QED) is 0.344. The molecule has 1 aromatic heterocycles. The maximum atomic E-state index is 12.7. The molecular weight excluding hydrogens is 445 g/mol. The Morgan fingerprint density at radius 1 is 0.969 bits per heavy atom. The maximum Gasteiger partial charge on any atom is 0.256 e. The minimum Gasteiger partial charge on any atom is -0.489 e. The highest BCUT2D eigenvalue weighted by atomic mass is 35.5. The summed E-state index contributed by atoms with van der Waals surface area (Å²) in [5.41, 5.74) is 3.41. The van der Waals surface area contributed by atoms with Crippen LogP contribution in [0.3, 0.4) is 0 Å². The third-order valence-electron chi connectivity index (χ3n) is 4.84. The molecule has 4 aromatic rings. The van der Waals surface area contributed by atoms with Crippen LogP contribution in [-0.4, -0.2) is 15.7 Å². The summed E-state index contributed by atoms with van der Waals surface area (Å²) in [4.78, 5) is 12.7. The highest BCUT2D eigenvalue weighted by Gasteiger charge is 2.10. The van der Waals surface area contributed by atoms with Crippen molar-refractivity contribution in [1.82, 2.24) is 9.78 Å². The predicted octanol–water partition coefficient (Wildman–Crippen LogP) is 6.38. The molecule has 162 valence electrons. The normalized spacial score (nSPS) is 10.7. The Morgan fingerprint density at radius 2 is 1.75 bits per heavy atom. The number of nitrogens with zero attached hydrogens (tertiary/aromatic N) is 2. The second-order valence-electron chi connectivity index (χ2n) is 7.38. The molecule has 5 nitrogen and oxygen atoms in total. The minimum atomic E-state index is -0.234. The van der Waals surface area contributed by atoms with Crippen molar-refractivity contribution < 1.29 is 9.53 Å². The molecule has 4 rings (SSSR count). The van der Waals surface area contributed by atoms with Gasteiger partial charge in [-0.05, 0) is 66.1 Å². The van der Waals surface area contributed by atoms with E-state index in [1.807, 2.05) is 67.7 Å². The summed E-state index contributed by atoms with van der Waals surface area (Å²) >= 11 is 12.0. The van der Waals surface area contributed by atoms with Gasteiger partial charge in [-0.1, -0.05) is 47.5 Å². The third kappa shape index (κ3) is 5.69. The Balaban J connectivity index is 1.38. The predicted molar refractivity (Wildman–Crippen MR) is 128 cm³/mol. The second-order valence-corrected chi connectivity index (χ2v) is 8.25. The van der Waals surface area contributed by atoms with Crippen LogP contribution in [0.2, 0.25) is 10.0 Å². The molecule has 0 radical (unpaired) electrons. The van der Waals surface area contributed by atoms with Crippen LogP contribution in [-0.2, 0) is 13.2 Å². The summed E-state index contributed by atoms with van der Waals surface area (Å²) in [5, 5.41) is 8.61. The molecule has 32 heavy (non-hydrogen) atoms. The third-order valence-corrected chi connectivity index (χ3v) is 5.31. The van der Waals surface area contributed by atoms with Crippen molar-refractivity contribution in [2.45, 2.75) is 20.1 Å². The number of halogens is 2. The standard InChI is InChI=1S/C25H21Cl2N3O2/c1-17-12-22(27)8-9-23(17)32-16-19-5-2-6-20(13-19)25(31)28-24-10-11-30(29-24)15-18-4-3-7-21(26)14-18/h2-14H,15-16H2,1H3,(H,28,29,31). The number of aryl methyl sites for hydroxylation is 1. The summed E-state index contributed by atoms with van der Waals surface area (Å²) in [6.45, 7) is 2.85. The van der Waals surface area contributed by atoms with Crippen molar-refractivity contribution in [1.29, 1.82) is 0 Å². The van der Waals surface area contributed by atoms with Crippen LogP contribution in [0.15, 0.2) is 79.0 Å². The number of hydrogen-bond acceptors (Lipinski definition) is 3. The van der Waals surface area contributed by atoms with Gasteiger partial charge in [0.15, 0.2) is 5.82 Å². The molecule has 1 N–H and O–H groups in total. The lowest BCUT2D eigenvalue weighted by molar-refractivity contribution is 0.102. The van der Waals surface area contributed by atoms with Crippen molar-refractivity contribution in [3.8, 4) is 5.75 Å². The van der Waals surface area contributed by atoms with Gasteiger partial charge in [0.05, 0.1) is 6.54 Å². The zero-order chi connectivity index (χ0) is 22.5. The van der Waals surface area contributed by atoms with Crippen LogP contribution in [0, 0.1) is 6.92 Å². The van der Waals surface area contributed by atoms with Crippen molar-refractivity contribution in [2.75, 3.05) is 5.32 Å². The van der Waals surface area contributed by atoms with E-state index in [-0.39, 0.29) is 5.91 Å². The molecule has 0 aliphatic heterocycles. The molecule has 0 saturated carbocycles. The van der Waals surface area contributed by atoms with E-state index in [9.17, 15) is 4.79 Å². The first-order chi connectivity index (χ1) is 15.5. The largest absolute Gasteiger partial charge is 0.489 e. The van der Waals surface area contributed by atoms with Crippen molar-refractivity contribution in [3.63, 3.8) is 0 Å². The summed E-state index contributed by atoms with van der Waals surface area (Å²) in [7, 11) is 0. The fourth-order valence-corrected chi connectivity index (χ4v) is 3.71. The van der Waals surface area contributed by atoms with E-state index in [4.69, 9.17) is 27.9 Å². The van der Waals surface area contributed by atoms with E-state index in [0.29, 0.717) is 34.6 Å². The zero-order valence-electron chi connectivity index (χ0n) is 17.4. The number of hydrogen-bond donors (Lipinski definition) is 1. The fraction of sp³-hybridized carbons (Fsp3) is 0.120. The summed E-state index contributed by atoms with van der Waals surface area (Å²) < 4.78 is 7.63. The van der Waals surface area contributed by atoms with Crippen molar-refractivity contribution in [3.05, 3.63) is 111 Å². The lowest BCUT2D eigenvalue weighted by atomic mass is 10.1. The SMILES string of the molecule is Cc1cc(Cl)ccc1OCc1cccc(C(=O)Nc2ccn(Cc3cccc(Cl)c3)n2)c1. The molecule has 0 bridgehead atoms. The molecule has 0 saturated heterocycles. The second kappa shape index (κ2) is 9.90. The molecule has 0 atom stereocenters. The molecule has 0 unspecified atom stereocenters. The number of anilines is 1. The van der Waals surface area contributed by atoms with Crippen LogP contribution in [0.4, 0.5) is 5.82 Å². The van der Waals surface area contributed by atoms with Crippen LogP contribution >= 0.6 is 23.2 Å². The molecule has 1 heterocycles. The molecule has 0 spiro atoms. The van der Waals surface area contributed by atoms with Gasteiger partial charge in [-0.2, -0.15) is 5.10 Å². The van der Waals surface area contributed by atoms with E-state index in [1.54, 1.807) is 22.9 Å². The molecule has 0 aliphatic carbocycles. The fourth-order valence-electron chi connectivity index (χ4n) is 3.27. The van der Waals surface area contributed by atoms with E-state index in [1.165, 1.54) is 0 Å². The Labute approximate surface area is 196 Å². The number of amides is 1. The van der Waals surface area contributed by atoms with Crippen LogP contribution in [0.1, 0.15) is 27.0 Å². The van der Waals surface area contributed by atoms with Gasteiger partial charge in [0.25, 0.3) is 5.91 Å². The van der Waals surface area contributed by atoms with Gasteiger partial charge in [-0.25, -0.2) is 0 Å². The number of benzene rings is 3. The Kier molecular flexibility index (Phi) is 6.78. The van der Waals surface area contributed by atoms with Gasteiger partial charge in [0.1, 0.15) is 12.4 Å². The molecule has 0 aliphatic rings. The molecule has 7 heteroatoms. The van der Waals surface area contributed by atoms with Crippen molar-refractivity contribution in [2.24, 2.45) is 0 Å². The van der Waals surface area contributed by atoms with Gasteiger partial charge in [-0.3, -0.25) is 9.48 Å². The number of carbonyl (C=O) groups excluding carboxylic acids is 1. The average molecular weight is 466 g/mol. The number of nitrogens with one attached hydrogen (secondary N) is 1. The topological polar surface area (TPSA) is 56.1 Å². The van der Waals surface area contributed by atoms with E-state index >= 15 is 0 Å². The number of carbonyl (C=O) groups is 1. The Hall–Kier alpha value is -3.28. The van der Waals surface area contributed by atoms with Crippen LogP contribution in [0.5, 0.6) is 5.75 Å². The van der Waals surface area contributed by atoms with Gasteiger partial charge >= 0.3 is 0 Å². The summed E-state index contributed by atoms with van der Waals surface area (Å²) in [6.07, 6.45) is 1.81. The molecule has 3 aromatic carbocycles. The minimum absolute atomic E-state index is 0.234. The lowest BCUT2D eigenvalue weighted by Gasteiger charge is -2.10. The number of rotatable bonds is 7. The average Bonchev–Trinajstić information content (AvgIpc) is 3.20. The Morgan fingerprint density at radius 3 is 2.56 bits per heavy atom. The first kappa shape index (κ1) is 21.9. The monoisotopic (exact) mass is 465 g/mol. The number of ether oxygens (including phenoxy) is 1. The molecule has 0 fully saturated rings. The summed E-state index contributed by atoms with van der Waals surface area (Å²) in [5.74, 6) is 1.01. The van der Waals surface area contributed by atoms with Gasteiger partial charge < -0.3 is 10.1 Å². The first-order valence-corrected chi connectivity index (χ1v) is 10.8. The van der Waals surface area contributed by atoms with Crippen LogP contribution in [0.25, 0.3) is 0 Å². The molecular formula is C25H21Cl2N3O2. The highest BCUT2D eigenvalue weighted by molar-refractivity contribution is 6.30. The zero-order valence-corrected chi connectivity index (χ0v) is 18.9. The van der Waals surface area contributed by atoms with E-state index in [2.05, 4.69) is 10.4 Å². The van der Waals surface area contributed by atoms with E-state index in [0.717, 1.165) is 22.4 Å². The summed E-state index contributed by atoms with van der Waals surface area (Å²) in [6, 6.07) is 22.2. The molecule has 1 amide bonds. The first-order valence-electron chi connectivity index (χ1n) is 10.0. The smallest absolute Gasteiger partial charge is 0.256 e. The number of aromatic nitrogens is 2.